The Kier molecular flexibility index (Phi) is 3.42. The predicted octanol–water partition coefficient (Wildman–Crippen LogP) is 8.55. The van der Waals surface area contributed by atoms with E-state index in [9.17, 15) is 0 Å². The first-order valence-corrected chi connectivity index (χ1v) is 11.6. The average Bonchev–Trinajstić information content (AvgIpc) is 2.92. The Balaban J connectivity index is 1.75. The molecule has 0 amide bonds. The van der Waals surface area contributed by atoms with E-state index in [1.54, 1.807) is 0 Å². The lowest BCUT2D eigenvalue weighted by Gasteiger charge is -2.14. The van der Waals surface area contributed by atoms with E-state index in [1.807, 2.05) is 0 Å². The van der Waals surface area contributed by atoms with Gasteiger partial charge in [-0.15, -0.1) is 0 Å². The molecule has 2 nitrogen and oxygen atoms in total. The van der Waals surface area contributed by atoms with E-state index in [1.165, 1.54) is 37.7 Å². The van der Waals surface area contributed by atoms with Crippen molar-refractivity contribution in [1.82, 2.24) is 9.97 Å². The third-order valence-corrected chi connectivity index (χ3v) is 7.19. The number of rotatable bonds is 0. The molecule has 0 unspecified atom stereocenters. The monoisotopic (exact) mass is 430 g/mol. The van der Waals surface area contributed by atoms with Gasteiger partial charge in [-0.1, -0.05) is 109 Å². The van der Waals surface area contributed by atoms with E-state index in [0.717, 1.165) is 38.2 Å². The topological polar surface area (TPSA) is 25.8 Å². The van der Waals surface area contributed by atoms with Gasteiger partial charge in [-0.05, 0) is 32.3 Å². The minimum absolute atomic E-state index is 0.964. The van der Waals surface area contributed by atoms with Gasteiger partial charge in [-0.25, -0.2) is 9.97 Å². The van der Waals surface area contributed by atoms with Gasteiger partial charge in [0, 0.05) is 21.5 Å². The fraction of sp³-hybridized carbons (Fsp3) is 0. The minimum Gasteiger partial charge on any atom is -0.243 e. The second-order valence-corrected chi connectivity index (χ2v) is 8.96. The summed E-state index contributed by atoms with van der Waals surface area (Å²) in [6.07, 6.45) is 0. The van der Waals surface area contributed by atoms with E-state index in [0.29, 0.717) is 0 Å². The van der Waals surface area contributed by atoms with Gasteiger partial charge in [-0.2, -0.15) is 0 Å². The van der Waals surface area contributed by atoms with Crippen LogP contribution < -0.4 is 0 Å². The number of fused-ring (bicyclic) bond motifs is 14. The van der Waals surface area contributed by atoms with Crippen molar-refractivity contribution in [3.8, 4) is 0 Å². The van der Waals surface area contributed by atoms with Crippen LogP contribution in [0, 0.1) is 0 Å². The van der Waals surface area contributed by atoms with Crippen molar-refractivity contribution in [2.45, 2.75) is 0 Å². The van der Waals surface area contributed by atoms with E-state index < -0.39 is 0 Å². The number of aromatic nitrogens is 2. The minimum atomic E-state index is 0.964. The molecule has 0 bridgehead atoms. The molecule has 8 aromatic rings. The van der Waals surface area contributed by atoms with Crippen LogP contribution in [0.3, 0.4) is 0 Å². The molecule has 156 valence electrons. The highest BCUT2D eigenvalue weighted by Gasteiger charge is 2.17. The predicted molar refractivity (Wildman–Crippen MR) is 145 cm³/mol. The molecule has 0 aliphatic heterocycles. The highest BCUT2D eigenvalue weighted by Crippen LogP contribution is 2.40. The summed E-state index contributed by atoms with van der Waals surface area (Å²) in [6.45, 7) is 0. The second kappa shape index (κ2) is 6.49. The first-order chi connectivity index (χ1) is 16.9. The quantitative estimate of drug-likeness (QED) is 0.178. The van der Waals surface area contributed by atoms with Gasteiger partial charge in [-0.3, -0.25) is 0 Å². The fourth-order valence-corrected chi connectivity index (χ4v) is 5.70. The molecule has 0 aliphatic carbocycles. The third kappa shape index (κ3) is 2.24. The van der Waals surface area contributed by atoms with Crippen molar-refractivity contribution in [3.05, 3.63) is 109 Å². The molecule has 0 spiro atoms. The lowest BCUT2D eigenvalue weighted by atomic mass is 9.94. The smallest absolute Gasteiger partial charge is 0.0986 e. The molecule has 2 heteroatoms. The fourth-order valence-electron chi connectivity index (χ4n) is 5.70. The number of nitrogens with zero attached hydrogens (tertiary/aromatic N) is 2. The molecule has 0 aliphatic rings. The molecule has 0 N–H and O–H groups in total. The van der Waals surface area contributed by atoms with Crippen molar-refractivity contribution in [1.29, 1.82) is 0 Å². The van der Waals surface area contributed by atoms with Gasteiger partial charge < -0.3 is 0 Å². The maximum absolute atomic E-state index is 5.42. The molecule has 0 fully saturated rings. The van der Waals surface area contributed by atoms with Gasteiger partial charge in [0.1, 0.15) is 0 Å². The molecular formula is C32H18N2. The summed E-state index contributed by atoms with van der Waals surface area (Å²) >= 11 is 0. The zero-order valence-corrected chi connectivity index (χ0v) is 18.3. The molecule has 0 saturated heterocycles. The van der Waals surface area contributed by atoms with Crippen LogP contribution in [-0.2, 0) is 0 Å². The summed E-state index contributed by atoms with van der Waals surface area (Å²) < 4.78 is 0. The average molecular weight is 431 g/mol. The molecule has 0 saturated carbocycles. The maximum Gasteiger partial charge on any atom is 0.0986 e. The molecule has 0 atom stereocenters. The molecule has 0 radical (unpaired) electrons. The Bertz CT molecular complexity index is 2110. The van der Waals surface area contributed by atoms with Crippen LogP contribution in [0.15, 0.2) is 109 Å². The zero-order chi connectivity index (χ0) is 22.2. The summed E-state index contributed by atoms with van der Waals surface area (Å²) in [5, 5.41) is 11.9. The number of benzene rings is 7. The second-order valence-electron chi connectivity index (χ2n) is 8.96. The van der Waals surface area contributed by atoms with Crippen LogP contribution >= 0.6 is 0 Å². The summed E-state index contributed by atoms with van der Waals surface area (Å²) in [5.74, 6) is 0. The van der Waals surface area contributed by atoms with Crippen molar-refractivity contribution in [3.63, 3.8) is 0 Å². The van der Waals surface area contributed by atoms with Crippen molar-refractivity contribution >= 4 is 75.9 Å². The number of hydrogen-bond donors (Lipinski definition) is 0. The molecule has 1 heterocycles. The molecule has 34 heavy (non-hydrogen) atoms. The number of hydrogen-bond acceptors (Lipinski definition) is 2. The van der Waals surface area contributed by atoms with E-state index >= 15 is 0 Å². The van der Waals surface area contributed by atoms with Crippen molar-refractivity contribution in [2.75, 3.05) is 0 Å². The summed E-state index contributed by atoms with van der Waals surface area (Å²) in [4.78, 5) is 10.8. The first-order valence-electron chi connectivity index (χ1n) is 11.6. The Morgan fingerprint density at radius 2 is 0.706 bits per heavy atom. The maximum atomic E-state index is 5.42. The summed E-state index contributed by atoms with van der Waals surface area (Å²) in [7, 11) is 0. The summed E-state index contributed by atoms with van der Waals surface area (Å²) in [6, 6.07) is 38.7. The lowest BCUT2D eigenvalue weighted by molar-refractivity contribution is 1.44. The van der Waals surface area contributed by atoms with E-state index in [-0.39, 0.29) is 0 Å². The third-order valence-electron chi connectivity index (χ3n) is 7.19. The van der Waals surface area contributed by atoms with Gasteiger partial charge >= 0.3 is 0 Å². The van der Waals surface area contributed by atoms with Crippen LogP contribution in [0.2, 0.25) is 0 Å². The Labute approximate surface area is 195 Å². The highest BCUT2D eigenvalue weighted by molar-refractivity contribution is 6.32. The molecule has 7 aromatic carbocycles. The molecule has 8 rings (SSSR count). The van der Waals surface area contributed by atoms with Crippen molar-refractivity contribution in [2.24, 2.45) is 0 Å². The van der Waals surface area contributed by atoms with E-state index in [4.69, 9.17) is 9.97 Å². The van der Waals surface area contributed by atoms with Gasteiger partial charge in [0.25, 0.3) is 0 Å². The van der Waals surface area contributed by atoms with Gasteiger partial charge in [0.05, 0.1) is 22.1 Å². The SMILES string of the molecule is c1ccc2c(c1)ccc1c3ccccc3c3nc4c5ccccc5c5ccccc5c4nc3c21. The van der Waals surface area contributed by atoms with Crippen LogP contribution in [-0.4, -0.2) is 9.97 Å². The van der Waals surface area contributed by atoms with Gasteiger partial charge in [0.15, 0.2) is 0 Å². The Hall–Kier alpha value is -4.56. The summed E-state index contributed by atoms with van der Waals surface area (Å²) in [5.41, 5.74) is 3.86. The van der Waals surface area contributed by atoms with Crippen LogP contribution in [0.4, 0.5) is 0 Å². The standard InChI is InChI=1S/C32H18N2/c1-2-10-20-19(9-1)17-18-24-23-13-5-8-16-27(23)31-32(28(20)24)34-30-26-15-7-4-12-22(26)21-11-3-6-14-25(21)29(30)33-31/h1-18H. The van der Waals surface area contributed by atoms with Crippen LogP contribution in [0.25, 0.3) is 75.9 Å². The zero-order valence-electron chi connectivity index (χ0n) is 18.3. The largest absolute Gasteiger partial charge is 0.243 e. The van der Waals surface area contributed by atoms with Crippen molar-refractivity contribution < 1.29 is 0 Å². The lowest BCUT2D eigenvalue weighted by Crippen LogP contribution is -1.94. The van der Waals surface area contributed by atoms with Crippen LogP contribution in [0.1, 0.15) is 0 Å². The molecule has 1 aromatic heterocycles. The first kappa shape index (κ1) is 17.9. The molecular weight excluding hydrogens is 412 g/mol. The Morgan fingerprint density at radius 3 is 1.29 bits per heavy atom. The Morgan fingerprint density at radius 1 is 0.294 bits per heavy atom. The normalized spacial score (nSPS) is 12.1. The highest BCUT2D eigenvalue weighted by atomic mass is 14.8. The van der Waals surface area contributed by atoms with E-state index in [2.05, 4.69) is 109 Å². The van der Waals surface area contributed by atoms with Crippen LogP contribution in [0.5, 0.6) is 0 Å². The van der Waals surface area contributed by atoms with Gasteiger partial charge in [0.2, 0.25) is 0 Å².